The molecule has 2 aliphatic rings. The molecule has 0 N–H and O–H groups in total. The Kier molecular flexibility index (Phi) is 5.29. The van der Waals surface area contributed by atoms with Gasteiger partial charge < -0.3 is 14.7 Å². The molecule has 4 rings (SSSR count). The first-order valence-corrected chi connectivity index (χ1v) is 10.3. The lowest BCUT2D eigenvalue weighted by molar-refractivity contribution is 0.0746. The quantitative estimate of drug-likeness (QED) is 0.749. The van der Waals surface area contributed by atoms with E-state index in [4.69, 9.17) is 0 Å². The van der Waals surface area contributed by atoms with E-state index in [0.29, 0.717) is 13.1 Å². The third kappa shape index (κ3) is 4.08. The van der Waals surface area contributed by atoms with Crippen molar-refractivity contribution in [1.82, 2.24) is 14.9 Å². The molecular weight excluding hydrogens is 406 g/mol. The number of piperazine rings is 1. The van der Waals surface area contributed by atoms with Crippen LogP contribution >= 0.6 is 15.9 Å². The van der Waals surface area contributed by atoms with Crippen molar-refractivity contribution in [3.8, 4) is 0 Å². The van der Waals surface area contributed by atoms with Crippen molar-refractivity contribution in [2.24, 2.45) is 0 Å². The highest BCUT2D eigenvalue weighted by atomic mass is 79.9. The number of nitrogens with zero attached hydrogens (tertiary/aromatic N) is 5. The van der Waals surface area contributed by atoms with E-state index in [1.165, 1.54) is 12.8 Å². The summed E-state index contributed by atoms with van der Waals surface area (Å²) in [7, 11) is 0. The highest BCUT2D eigenvalue weighted by Gasteiger charge is 2.24. The van der Waals surface area contributed by atoms with Crippen molar-refractivity contribution in [2.45, 2.75) is 19.8 Å². The standard InChI is InChI=1S/C20H24BrN5O/c1-15-22-18(24-7-2-3-8-24)14-19(23-15)25-9-11-26(12-10-25)20(27)16-5-4-6-17(21)13-16/h4-6,13-14H,2-3,7-12H2,1H3. The van der Waals surface area contributed by atoms with Crippen molar-refractivity contribution in [3.05, 3.63) is 46.2 Å². The van der Waals surface area contributed by atoms with Crippen molar-refractivity contribution in [1.29, 1.82) is 0 Å². The number of carbonyl (C=O) groups excluding carboxylic acids is 1. The van der Waals surface area contributed by atoms with E-state index in [2.05, 4.69) is 41.8 Å². The maximum Gasteiger partial charge on any atom is 0.254 e. The Morgan fingerprint density at radius 1 is 0.926 bits per heavy atom. The number of aryl methyl sites for hydroxylation is 1. The summed E-state index contributed by atoms with van der Waals surface area (Å²) in [5.74, 6) is 2.90. The van der Waals surface area contributed by atoms with E-state index >= 15 is 0 Å². The van der Waals surface area contributed by atoms with E-state index in [1.54, 1.807) is 0 Å². The number of carbonyl (C=O) groups is 1. The Morgan fingerprint density at radius 2 is 1.56 bits per heavy atom. The van der Waals surface area contributed by atoms with Crippen molar-refractivity contribution < 1.29 is 4.79 Å². The van der Waals surface area contributed by atoms with Gasteiger partial charge >= 0.3 is 0 Å². The molecule has 2 saturated heterocycles. The van der Waals surface area contributed by atoms with E-state index in [9.17, 15) is 4.79 Å². The van der Waals surface area contributed by atoms with Crippen LogP contribution in [0.3, 0.4) is 0 Å². The number of anilines is 2. The van der Waals surface area contributed by atoms with Crippen LogP contribution in [0, 0.1) is 6.92 Å². The summed E-state index contributed by atoms with van der Waals surface area (Å²) in [6, 6.07) is 9.69. The topological polar surface area (TPSA) is 52.6 Å². The van der Waals surface area contributed by atoms with E-state index in [0.717, 1.165) is 53.7 Å². The van der Waals surface area contributed by atoms with E-state index in [-0.39, 0.29) is 5.91 Å². The molecule has 0 saturated carbocycles. The highest BCUT2D eigenvalue weighted by Crippen LogP contribution is 2.24. The van der Waals surface area contributed by atoms with Gasteiger partial charge in [0.1, 0.15) is 17.5 Å². The average Bonchev–Trinajstić information content (AvgIpc) is 3.22. The van der Waals surface area contributed by atoms with Crippen LogP contribution in [-0.2, 0) is 0 Å². The second-order valence-electron chi connectivity index (χ2n) is 7.12. The van der Waals surface area contributed by atoms with Crippen LogP contribution in [0.4, 0.5) is 11.6 Å². The van der Waals surface area contributed by atoms with Crippen molar-refractivity contribution in [3.63, 3.8) is 0 Å². The molecular formula is C20H24BrN5O. The Labute approximate surface area is 168 Å². The second-order valence-corrected chi connectivity index (χ2v) is 8.03. The Balaban J connectivity index is 1.44. The van der Waals surface area contributed by atoms with Crippen molar-refractivity contribution >= 4 is 33.5 Å². The molecule has 0 atom stereocenters. The zero-order valence-corrected chi connectivity index (χ0v) is 17.2. The molecule has 2 fully saturated rings. The van der Waals surface area contributed by atoms with Gasteiger partial charge in [0, 0.05) is 55.4 Å². The SMILES string of the molecule is Cc1nc(N2CCCC2)cc(N2CCN(C(=O)c3cccc(Br)c3)CC2)n1. The van der Waals surface area contributed by atoms with Crippen LogP contribution in [0.5, 0.6) is 0 Å². The molecule has 142 valence electrons. The van der Waals surface area contributed by atoms with Crippen LogP contribution < -0.4 is 9.80 Å². The van der Waals surface area contributed by atoms with Gasteiger partial charge in [0.15, 0.2) is 0 Å². The first-order valence-electron chi connectivity index (χ1n) is 9.50. The number of hydrogen-bond donors (Lipinski definition) is 0. The molecule has 0 unspecified atom stereocenters. The fourth-order valence-corrected chi connectivity index (χ4v) is 4.15. The monoisotopic (exact) mass is 429 g/mol. The zero-order valence-electron chi connectivity index (χ0n) is 15.6. The van der Waals surface area contributed by atoms with Crippen LogP contribution in [0.25, 0.3) is 0 Å². The summed E-state index contributed by atoms with van der Waals surface area (Å²) in [6.07, 6.45) is 2.46. The lowest BCUT2D eigenvalue weighted by atomic mass is 10.2. The number of rotatable bonds is 3. The number of aromatic nitrogens is 2. The minimum absolute atomic E-state index is 0.0903. The van der Waals surface area contributed by atoms with Gasteiger partial charge in [0.05, 0.1) is 0 Å². The van der Waals surface area contributed by atoms with Gasteiger partial charge in [-0.25, -0.2) is 9.97 Å². The maximum atomic E-state index is 12.7. The molecule has 6 nitrogen and oxygen atoms in total. The summed E-state index contributed by atoms with van der Waals surface area (Å²) < 4.78 is 0.929. The molecule has 2 aliphatic heterocycles. The van der Waals surface area contributed by atoms with Gasteiger partial charge in [-0.3, -0.25) is 4.79 Å². The molecule has 2 aromatic rings. The summed E-state index contributed by atoms with van der Waals surface area (Å²) in [5.41, 5.74) is 0.729. The molecule has 1 amide bonds. The van der Waals surface area contributed by atoms with Gasteiger partial charge in [-0.2, -0.15) is 0 Å². The highest BCUT2D eigenvalue weighted by molar-refractivity contribution is 9.10. The second kappa shape index (κ2) is 7.84. The summed E-state index contributed by atoms with van der Waals surface area (Å²) >= 11 is 3.44. The first-order chi connectivity index (χ1) is 13.1. The zero-order chi connectivity index (χ0) is 18.8. The Morgan fingerprint density at radius 3 is 2.19 bits per heavy atom. The molecule has 27 heavy (non-hydrogen) atoms. The summed E-state index contributed by atoms with van der Waals surface area (Å²) in [5, 5.41) is 0. The lowest BCUT2D eigenvalue weighted by Crippen LogP contribution is -2.49. The molecule has 0 aliphatic carbocycles. The van der Waals surface area contributed by atoms with Crippen LogP contribution in [0.2, 0.25) is 0 Å². The van der Waals surface area contributed by atoms with E-state index in [1.807, 2.05) is 36.1 Å². The number of amides is 1. The minimum atomic E-state index is 0.0903. The maximum absolute atomic E-state index is 12.7. The fourth-order valence-electron chi connectivity index (χ4n) is 3.75. The predicted molar refractivity (Wildman–Crippen MR) is 110 cm³/mol. The third-order valence-electron chi connectivity index (χ3n) is 5.20. The largest absolute Gasteiger partial charge is 0.356 e. The molecule has 1 aromatic carbocycles. The molecule has 0 spiro atoms. The summed E-state index contributed by atoms with van der Waals surface area (Å²) in [6.45, 7) is 7.08. The van der Waals surface area contributed by atoms with Gasteiger partial charge in [-0.1, -0.05) is 22.0 Å². The Bertz CT molecular complexity index is 829. The molecule has 1 aromatic heterocycles. The van der Waals surface area contributed by atoms with Gasteiger partial charge in [0.2, 0.25) is 0 Å². The first kappa shape index (κ1) is 18.2. The molecule has 0 radical (unpaired) electrons. The average molecular weight is 430 g/mol. The normalized spacial score (nSPS) is 17.5. The predicted octanol–water partition coefficient (Wildman–Crippen LogP) is 3.11. The molecule has 3 heterocycles. The van der Waals surface area contributed by atoms with Crippen LogP contribution in [0.15, 0.2) is 34.8 Å². The lowest BCUT2D eigenvalue weighted by Gasteiger charge is -2.35. The third-order valence-corrected chi connectivity index (χ3v) is 5.70. The van der Waals surface area contributed by atoms with Gasteiger partial charge in [0.25, 0.3) is 5.91 Å². The smallest absolute Gasteiger partial charge is 0.254 e. The van der Waals surface area contributed by atoms with Crippen LogP contribution in [-0.4, -0.2) is 60.0 Å². The molecule has 7 heteroatoms. The molecule has 0 bridgehead atoms. The number of hydrogen-bond acceptors (Lipinski definition) is 5. The van der Waals surface area contributed by atoms with Gasteiger partial charge in [-0.15, -0.1) is 0 Å². The fraction of sp³-hybridized carbons (Fsp3) is 0.450. The summed E-state index contributed by atoms with van der Waals surface area (Å²) in [4.78, 5) is 28.5. The van der Waals surface area contributed by atoms with Crippen molar-refractivity contribution in [2.75, 3.05) is 49.1 Å². The minimum Gasteiger partial charge on any atom is -0.356 e. The van der Waals surface area contributed by atoms with E-state index < -0.39 is 0 Å². The van der Waals surface area contributed by atoms with Gasteiger partial charge in [-0.05, 0) is 38.0 Å². The van der Waals surface area contributed by atoms with Crippen LogP contribution in [0.1, 0.15) is 29.0 Å². The number of halogens is 1. The number of benzene rings is 1. The Hall–Kier alpha value is -2.15.